The van der Waals surface area contributed by atoms with Crippen LogP contribution in [0.3, 0.4) is 0 Å². The smallest absolute Gasteiger partial charge is 0.307 e. The van der Waals surface area contributed by atoms with Crippen LogP contribution in [0, 0.1) is 5.92 Å². The van der Waals surface area contributed by atoms with E-state index in [0.29, 0.717) is 5.92 Å². The van der Waals surface area contributed by atoms with E-state index in [1.165, 1.54) is 11.1 Å². The molecule has 0 radical (unpaired) electrons. The Morgan fingerprint density at radius 3 is 2.33 bits per heavy atom. The summed E-state index contributed by atoms with van der Waals surface area (Å²) >= 11 is 0. The summed E-state index contributed by atoms with van der Waals surface area (Å²) in [5.41, 5.74) is 5.94. The van der Waals surface area contributed by atoms with E-state index in [9.17, 15) is 4.79 Å². The zero-order valence-electron chi connectivity index (χ0n) is 26.6. The van der Waals surface area contributed by atoms with Crippen LogP contribution >= 0.6 is 0 Å². The number of carboxylic acids is 1. The van der Waals surface area contributed by atoms with Crippen LogP contribution in [0.2, 0.25) is 36.3 Å². The normalized spacial score (nSPS) is 18.6. The van der Waals surface area contributed by atoms with Crippen molar-refractivity contribution < 1.29 is 18.8 Å². The maximum Gasteiger partial charge on any atom is 0.307 e. The van der Waals surface area contributed by atoms with E-state index in [2.05, 4.69) is 96.8 Å². The number of hydrogen-bond donors (Lipinski definition) is 1. The lowest BCUT2D eigenvalue weighted by Crippen LogP contribution is -2.44. The monoisotopic (exact) mass is 584 g/mol. The first kappa shape index (κ1) is 34.5. The van der Waals surface area contributed by atoms with Gasteiger partial charge in [0.05, 0.1) is 12.5 Å². The lowest BCUT2D eigenvalue weighted by molar-refractivity contribution is -0.136. The summed E-state index contributed by atoms with van der Waals surface area (Å²) in [6, 6.07) is 14.3. The third-order valence-electron chi connectivity index (χ3n) is 9.33. The van der Waals surface area contributed by atoms with Gasteiger partial charge in [-0.1, -0.05) is 83.5 Å². The molecule has 0 fully saturated rings. The van der Waals surface area contributed by atoms with Crippen LogP contribution in [-0.4, -0.2) is 39.9 Å². The number of rotatable bonds is 17. The second-order valence-corrected chi connectivity index (χ2v) is 22.5. The fourth-order valence-electron chi connectivity index (χ4n) is 5.51. The van der Waals surface area contributed by atoms with Gasteiger partial charge in [-0.25, -0.2) is 0 Å². The summed E-state index contributed by atoms with van der Waals surface area (Å²) in [6.45, 7) is 18.6. The van der Waals surface area contributed by atoms with Crippen molar-refractivity contribution in [2.75, 3.05) is 0 Å². The highest BCUT2D eigenvalue weighted by Gasteiger charge is 2.40. The first-order valence-corrected chi connectivity index (χ1v) is 21.0. The van der Waals surface area contributed by atoms with Crippen molar-refractivity contribution in [2.24, 2.45) is 5.92 Å². The Hall–Kier alpha value is -1.70. The van der Waals surface area contributed by atoms with Crippen LogP contribution in [0.4, 0.5) is 0 Å². The first-order valence-electron chi connectivity index (χ1n) is 15.6. The molecular weight excluding hydrogens is 529 g/mol. The molecule has 0 spiro atoms. The van der Waals surface area contributed by atoms with Gasteiger partial charge in [-0.2, -0.15) is 0 Å². The third kappa shape index (κ3) is 10.6. The molecule has 40 heavy (non-hydrogen) atoms. The van der Waals surface area contributed by atoms with Crippen LogP contribution < -0.4 is 0 Å². The number of aliphatic carboxylic acids is 1. The molecule has 0 amide bonds. The van der Waals surface area contributed by atoms with Crippen molar-refractivity contribution in [3.8, 4) is 0 Å². The van der Waals surface area contributed by atoms with E-state index in [1.807, 2.05) is 6.08 Å². The summed E-state index contributed by atoms with van der Waals surface area (Å²) in [7, 11) is -3.64. The lowest BCUT2D eigenvalue weighted by atomic mass is 9.90. The van der Waals surface area contributed by atoms with Gasteiger partial charge in [0, 0.05) is 12.0 Å². The highest BCUT2D eigenvalue weighted by molar-refractivity contribution is 6.74. The molecule has 1 N–H and O–H groups in total. The Bertz CT molecular complexity index is 990. The molecule has 4 nitrogen and oxygen atoms in total. The average Bonchev–Trinajstić information content (AvgIpc) is 3.28. The zero-order chi connectivity index (χ0) is 29.8. The lowest BCUT2D eigenvalue weighted by Gasteiger charge is -2.39. The predicted octanol–water partition coefficient (Wildman–Crippen LogP) is 9.70. The fourth-order valence-corrected chi connectivity index (χ4v) is 9.80. The van der Waals surface area contributed by atoms with E-state index >= 15 is 0 Å². The summed E-state index contributed by atoms with van der Waals surface area (Å²) in [6.07, 6.45) is 12.4. The van der Waals surface area contributed by atoms with Crippen molar-refractivity contribution >= 4 is 22.6 Å². The van der Waals surface area contributed by atoms with E-state index in [0.717, 1.165) is 56.7 Å². The van der Waals surface area contributed by atoms with E-state index in [1.54, 1.807) is 6.08 Å². The van der Waals surface area contributed by atoms with Crippen molar-refractivity contribution in [2.45, 2.75) is 135 Å². The second kappa shape index (κ2) is 16.1. The molecule has 3 atom stereocenters. The highest BCUT2D eigenvalue weighted by Crippen LogP contribution is 2.41. The molecule has 224 valence electrons. The molecule has 1 aliphatic rings. The first-order chi connectivity index (χ1) is 18.9. The van der Waals surface area contributed by atoms with Gasteiger partial charge in [0.25, 0.3) is 0 Å². The number of carboxylic acid groups (broad SMARTS) is 1. The van der Waals surface area contributed by atoms with Crippen LogP contribution in [0.15, 0.2) is 59.9 Å². The van der Waals surface area contributed by atoms with Gasteiger partial charge in [-0.05, 0) is 92.5 Å². The third-order valence-corrected chi connectivity index (χ3v) is 18.5. The summed E-state index contributed by atoms with van der Waals surface area (Å²) in [5.74, 6) is -0.417. The molecule has 0 unspecified atom stereocenters. The van der Waals surface area contributed by atoms with Gasteiger partial charge in [-0.3, -0.25) is 4.79 Å². The van der Waals surface area contributed by atoms with E-state index in [-0.39, 0.29) is 23.7 Å². The molecule has 0 aliphatic heterocycles. The number of benzene rings is 1. The Kier molecular flexibility index (Phi) is 13.9. The summed E-state index contributed by atoms with van der Waals surface area (Å²) < 4.78 is 14.1. The fraction of sp³-hybridized carbons (Fsp3) is 0.647. The molecule has 0 bridgehead atoms. The molecule has 1 aromatic rings. The molecule has 0 heterocycles. The average molecular weight is 585 g/mol. The Morgan fingerprint density at radius 1 is 1.10 bits per heavy atom. The minimum atomic E-state index is -1.91. The summed E-state index contributed by atoms with van der Waals surface area (Å²) in [5, 5.41) is 9.06. The van der Waals surface area contributed by atoms with Crippen LogP contribution in [0.5, 0.6) is 0 Å². The molecule has 0 saturated heterocycles. The van der Waals surface area contributed by atoms with Crippen LogP contribution in [0.25, 0.3) is 0 Å². The van der Waals surface area contributed by atoms with E-state index < -0.39 is 22.6 Å². The topological polar surface area (TPSA) is 55.8 Å². The molecule has 2 rings (SSSR count). The summed E-state index contributed by atoms with van der Waals surface area (Å²) in [4.78, 5) is 10.8. The van der Waals surface area contributed by atoms with Crippen LogP contribution in [-0.2, 0) is 20.1 Å². The quantitative estimate of drug-likeness (QED) is 0.112. The van der Waals surface area contributed by atoms with Crippen molar-refractivity contribution in [1.29, 1.82) is 0 Å². The van der Waals surface area contributed by atoms with Crippen molar-refractivity contribution in [3.63, 3.8) is 0 Å². The Labute approximate surface area is 247 Å². The van der Waals surface area contributed by atoms with Crippen molar-refractivity contribution in [3.05, 3.63) is 65.4 Å². The van der Waals surface area contributed by atoms with Gasteiger partial charge in [0.15, 0.2) is 16.6 Å². The standard InChI is InChI=1S/C34H56O4Si2/c1-9-40(10-2,11-3)38-32-26-24-29(31(32)21-17-12-13-18-22-33(35)36)23-25-30(27-28-19-15-14-16-20-28)37-39(7,8)34(4,5)6/h12,14-16,18-20,24,30-32H,9-11,17,21-23,25-27H2,1-8H3,(H,35,36)/t13?,30-,31+,32-/m0/s1. The van der Waals surface area contributed by atoms with Crippen molar-refractivity contribution in [1.82, 2.24) is 0 Å². The Morgan fingerprint density at radius 2 is 1.75 bits per heavy atom. The molecule has 6 heteroatoms. The van der Waals surface area contributed by atoms with Gasteiger partial charge >= 0.3 is 5.97 Å². The molecule has 0 saturated carbocycles. The molecule has 1 aliphatic carbocycles. The van der Waals surface area contributed by atoms with Gasteiger partial charge < -0.3 is 14.0 Å². The maximum absolute atomic E-state index is 10.8. The predicted molar refractivity (Wildman–Crippen MR) is 174 cm³/mol. The van der Waals surface area contributed by atoms with Gasteiger partial charge in [0.2, 0.25) is 0 Å². The number of hydrogen-bond acceptors (Lipinski definition) is 3. The zero-order valence-corrected chi connectivity index (χ0v) is 28.6. The molecule has 1 aromatic carbocycles. The van der Waals surface area contributed by atoms with Crippen LogP contribution in [0.1, 0.15) is 85.6 Å². The number of carbonyl (C=O) groups is 1. The molecule has 0 aromatic heterocycles. The minimum absolute atomic E-state index is 0.0193. The maximum atomic E-state index is 10.8. The SMILES string of the molecule is CC[Si](CC)(CC)O[C@H]1CC=C(CC[C@@H](Cc2ccccc2)O[Si](C)(C)C(C)(C)C)[C@H]1CCC=C=CCC(=O)O. The second-order valence-electron chi connectivity index (χ2n) is 13.0. The van der Waals surface area contributed by atoms with E-state index in [4.69, 9.17) is 14.0 Å². The largest absolute Gasteiger partial charge is 0.481 e. The van der Waals surface area contributed by atoms with Gasteiger partial charge in [0.1, 0.15) is 0 Å². The highest BCUT2D eigenvalue weighted by atomic mass is 28.4. The van der Waals surface area contributed by atoms with Gasteiger partial charge in [-0.15, -0.1) is 5.73 Å². The molecular formula is C34H56O4Si2. The Balaban J connectivity index is 2.21. The minimum Gasteiger partial charge on any atom is -0.481 e.